The van der Waals surface area contributed by atoms with Crippen LogP contribution in [0.3, 0.4) is 0 Å². The van der Waals surface area contributed by atoms with Gasteiger partial charge < -0.3 is 9.30 Å². The van der Waals surface area contributed by atoms with Crippen LogP contribution in [0.15, 0.2) is 30.5 Å². The molecule has 1 heterocycles. The largest absolute Gasteiger partial charge is 0.465 e. The van der Waals surface area contributed by atoms with Crippen LogP contribution in [0.2, 0.25) is 0 Å². The van der Waals surface area contributed by atoms with E-state index in [0.29, 0.717) is 22.3 Å². The minimum Gasteiger partial charge on any atom is -0.465 e. The summed E-state index contributed by atoms with van der Waals surface area (Å²) in [5.74, 6) is -1.68. The number of fused-ring (bicyclic) bond motifs is 3. The van der Waals surface area contributed by atoms with E-state index in [0.717, 1.165) is 0 Å². The van der Waals surface area contributed by atoms with Crippen molar-refractivity contribution in [2.75, 3.05) is 7.11 Å². The first-order valence-corrected chi connectivity index (χ1v) is 6.02. The number of benzene rings is 1. The number of carbonyl (C=O) groups excluding carboxylic acids is 3. The van der Waals surface area contributed by atoms with Crippen LogP contribution in [0.25, 0.3) is 11.1 Å². The molecule has 0 aliphatic heterocycles. The lowest BCUT2D eigenvalue weighted by molar-refractivity contribution is 0.0601. The summed E-state index contributed by atoms with van der Waals surface area (Å²) in [7, 11) is 2.91. The molecule has 1 aromatic heterocycles. The van der Waals surface area contributed by atoms with E-state index in [1.807, 2.05) is 0 Å². The number of ether oxygens (including phenoxy) is 1. The number of hydrogen-bond donors (Lipinski definition) is 0. The van der Waals surface area contributed by atoms with Crippen LogP contribution in [0.1, 0.15) is 31.2 Å². The first-order valence-electron chi connectivity index (χ1n) is 6.02. The maximum atomic E-state index is 12.2. The van der Waals surface area contributed by atoms with Crippen molar-refractivity contribution >= 4 is 17.5 Å². The van der Waals surface area contributed by atoms with Gasteiger partial charge >= 0.3 is 5.97 Å². The third-order valence-corrected chi connectivity index (χ3v) is 3.45. The molecule has 0 bridgehead atoms. The van der Waals surface area contributed by atoms with Gasteiger partial charge in [-0.2, -0.15) is 0 Å². The zero-order chi connectivity index (χ0) is 14.4. The van der Waals surface area contributed by atoms with Crippen molar-refractivity contribution < 1.29 is 19.1 Å². The lowest BCUT2D eigenvalue weighted by Crippen LogP contribution is -2.23. The van der Waals surface area contributed by atoms with Crippen LogP contribution in [0.4, 0.5) is 0 Å². The average molecular weight is 269 g/mol. The summed E-state index contributed by atoms with van der Waals surface area (Å²) < 4.78 is 6.24. The monoisotopic (exact) mass is 269 g/mol. The molecule has 0 saturated carbocycles. The van der Waals surface area contributed by atoms with Gasteiger partial charge in [-0.3, -0.25) is 9.59 Å². The van der Waals surface area contributed by atoms with E-state index < -0.39 is 17.5 Å². The standard InChI is InChI=1S/C15H11NO4/c1-16-7-10(15(19)20-2)11-8-5-3-4-6-9(8)13(17)14(18)12(11)16/h3-7H,1-2H3. The summed E-state index contributed by atoms with van der Waals surface area (Å²) in [5, 5.41) is 0. The normalized spacial score (nSPS) is 12.9. The molecule has 0 atom stereocenters. The molecule has 0 amide bonds. The van der Waals surface area contributed by atoms with Crippen molar-refractivity contribution in [1.29, 1.82) is 0 Å². The van der Waals surface area contributed by atoms with Gasteiger partial charge in [-0.1, -0.05) is 24.3 Å². The molecule has 100 valence electrons. The molecule has 1 aliphatic carbocycles. The van der Waals surface area contributed by atoms with Crippen molar-refractivity contribution in [3.8, 4) is 11.1 Å². The lowest BCUT2D eigenvalue weighted by atomic mass is 9.86. The molecule has 1 aliphatic rings. The van der Waals surface area contributed by atoms with Gasteiger partial charge in [-0.15, -0.1) is 0 Å². The summed E-state index contributed by atoms with van der Waals surface area (Å²) >= 11 is 0. The van der Waals surface area contributed by atoms with Crippen LogP contribution in [-0.4, -0.2) is 29.2 Å². The molecule has 0 unspecified atom stereocenters. The van der Waals surface area contributed by atoms with Crippen molar-refractivity contribution in [3.05, 3.63) is 47.3 Å². The first kappa shape index (κ1) is 12.3. The number of nitrogens with zero attached hydrogens (tertiary/aromatic N) is 1. The minimum atomic E-state index is -0.601. The second-order valence-corrected chi connectivity index (χ2v) is 4.57. The molecule has 3 rings (SSSR count). The SMILES string of the molecule is COC(=O)c1cn(C)c2c1-c1ccccc1C(=O)C2=O. The maximum Gasteiger partial charge on any atom is 0.340 e. The van der Waals surface area contributed by atoms with E-state index in [-0.39, 0.29) is 5.69 Å². The van der Waals surface area contributed by atoms with Gasteiger partial charge in [-0.05, 0) is 5.56 Å². The molecule has 5 nitrogen and oxygen atoms in total. The van der Waals surface area contributed by atoms with E-state index in [4.69, 9.17) is 4.74 Å². The maximum absolute atomic E-state index is 12.2. The quantitative estimate of drug-likeness (QED) is 0.585. The second-order valence-electron chi connectivity index (χ2n) is 4.57. The number of rotatable bonds is 1. The van der Waals surface area contributed by atoms with Gasteiger partial charge in [0.1, 0.15) is 5.69 Å². The summed E-state index contributed by atoms with van der Waals surface area (Å²) in [6, 6.07) is 6.77. The molecular formula is C15H11NO4. The Hall–Kier alpha value is -2.69. The van der Waals surface area contributed by atoms with Gasteiger partial charge in [0.15, 0.2) is 0 Å². The number of carbonyl (C=O) groups is 3. The summed E-state index contributed by atoms with van der Waals surface area (Å²) in [6.07, 6.45) is 1.52. The fraction of sp³-hybridized carbons (Fsp3) is 0.133. The highest BCUT2D eigenvalue weighted by Crippen LogP contribution is 2.37. The molecule has 20 heavy (non-hydrogen) atoms. The third-order valence-electron chi connectivity index (χ3n) is 3.45. The van der Waals surface area contributed by atoms with Crippen LogP contribution in [0.5, 0.6) is 0 Å². The van der Waals surface area contributed by atoms with E-state index in [2.05, 4.69) is 0 Å². The van der Waals surface area contributed by atoms with Crippen LogP contribution in [-0.2, 0) is 11.8 Å². The molecule has 2 aromatic rings. The fourth-order valence-electron chi connectivity index (χ4n) is 2.57. The van der Waals surface area contributed by atoms with E-state index >= 15 is 0 Å². The van der Waals surface area contributed by atoms with Crippen LogP contribution < -0.4 is 0 Å². The predicted molar refractivity (Wildman–Crippen MR) is 70.8 cm³/mol. The molecule has 0 radical (unpaired) electrons. The highest BCUT2D eigenvalue weighted by atomic mass is 16.5. The molecule has 5 heteroatoms. The highest BCUT2D eigenvalue weighted by molar-refractivity contribution is 6.53. The smallest absolute Gasteiger partial charge is 0.340 e. The van der Waals surface area contributed by atoms with E-state index in [1.54, 1.807) is 31.3 Å². The first-order chi connectivity index (χ1) is 9.56. The van der Waals surface area contributed by atoms with Gasteiger partial charge in [0.2, 0.25) is 5.78 Å². The summed E-state index contributed by atoms with van der Waals surface area (Å²) in [5.41, 5.74) is 1.90. The lowest BCUT2D eigenvalue weighted by Gasteiger charge is -2.16. The van der Waals surface area contributed by atoms with Crippen molar-refractivity contribution in [1.82, 2.24) is 4.57 Å². The topological polar surface area (TPSA) is 65.4 Å². The molecule has 0 saturated heterocycles. The Morgan fingerprint density at radius 3 is 2.40 bits per heavy atom. The summed E-state index contributed by atoms with van der Waals surface area (Å²) in [6.45, 7) is 0. The molecule has 0 N–H and O–H groups in total. The molecule has 1 aromatic carbocycles. The minimum absolute atomic E-state index is 0.231. The number of methoxy groups -OCH3 is 1. The number of Topliss-reactive ketones (excluding diaryl/α,β-unsaturated/α-hetero) is 2. The number of aromatic nitrogens is 1. The molecule has 0 fully saturated rings. The molecular weight excluding hydrogens is 258 g/mol. The number of ketones is 2. The number of hydrogen-bond acceptors (Lipinski definition) is 4. The van der Waals surface area contributed by atoms with Crippen LogP contribution in [0, 0.1) is 0 Å². The van der Waals surface area contributed by atoms with E-state index in [9.17, 15) is 14.4 Å². The predicted octanol–water partition coefficient (Wildman–Crippen LogP) is 1.86. The van der Waals surface area contributed by atoms with Crippen molar-refractivity contribution in [2.45, 2.75) is 0 Å². The van der Waals surface area contributed by atoms with Gasteiger partial charge in [0.25, 0.3) is 5.78 Å². The fourth-order valence-corrected chi connectivity index (χ4v) is 2.57. The Balaban J connectivity index is 2.41. The average Bonchev–Trinajstić information content (AvgIpc) is 2.82. The van der Waals surface area contributed by atoms with Crippen LogP contribution >= 0.6 is 0 Å². The Labute approximate surface area is 114 Å². The summed E-state index contributed by atoms with van der Waals surface area (Å²) in [4.78, 5) is 36.2. The van der Waals surface area contributed by atoms with Crippen molar-refractivity contribution in [2.24, 2.45) is 7.05 Å². The van der Waals surface area contributed by atoms with E-state index in [1.165, 1.54) is 17.9 Å². The Morgan fingerprint density at radius 2 is 1.75 bits per heavy atom. The van der Waals surface area contributed by atoms with Gasteiger partial charge in [-0.25, -0.2) is 4.79 Å². The van der Waals surface area contributed by atoms with Crippen molar-refractivity contribution in [3.63, 3.8) is 0 Å². The third kappa shape index (κ3) is 1.46. The second kappa shape index (κ2) is 4.16. The molecule has 0 spiro atoms. The Morgan fingerprint density at radius 1 is 1.10 bits per heavy atom. The Bertz CT molecular complexity index is 770. The van der Waals surface area contributed by atoms with Gasteiger partial charge in [0.05, 0.1) is 12.7 Å². The Kier molecular flexibility index (Phi) is 2.57. The highest BCUT2D eigenvalue weighted by Gasteiger charge is 2.36. The van der Waals surface area contributed by atoms with Gasteiger partial charge in [0, 0.05) is 24.4 Å². The zero-order valence-electron chi connectivity index (χ0n) is 11.0. The zero-order valence-corrected chi connectivity index (χ0v) is 11.0. The number of esters is 1. The number of aryl methyl sites for hydroxylation is 1.